The Morgan fingerprint density at radius 3 is 2.56 bits per heavy atom. The summed E-state index contributed by atoms with van der Waals surface area (Å²) in [6.45, 7) is 2.56. The van der Waals surface area contributed by atoms with Crippen molar-refractivity contribution in [1.29, 1.82) is 0 Å². The number of hydrogen-bond donors (Lipinski definition) is 2. The molecule has 0 saturated carbocycles. The molecule has 0 aliphatic carbocycles. The molecule has 1 amide bonds. The summed E-state index contributed by atoms with van der Waals surface area (Å²) in [5.74, 6) is -1.27. The number of rotatable bonds is 5. The summed E-state index contributed by atoms with van der Waals surface area (Å²) in [5, 5.41) is 9.70. The van der Waals surface area contributed by atoms with Crippen molar-refractivity contribution < 1.29 is 14.7 Å². The van der Waals surface area contributed by atoms with Gasteiger partial charge >= 0.3 is 5.97 Å². The Labute approximate surface area is 157 Å². The van der Waals surface area contributed by atoms with E-state index in [-0.39, 0.29) is 12.1 Å². The van der Waals surface area contributed by atoms with Crippen molar-refractivity contribution in [1.82, 2.24) is 9.88 Å². The van der Waals surface area contributed by atoms with Gasteiger partial charge < -0.3 is 15.0 Å². The number of likely N-dealkylation sites (tertiary alicyclic amines) is 1. The smallest absolute Gasteiger partial charge is 0.311 e. The third kappa shape index (κ3) is 3.79. The van der Waals surface area contributed by atoms with Crippen LogP contribution in [0.5, 0.6) is 0 Å². The largest absolute Gasteiger partial charge is 0.481 e. The molecule has 1 aliphatic heterocycles. The van der Waals surface area contributed by atoms with Gasteiger partial charge in [0.2, 0.25) is 0 Å². The summed E-state index contributed by atoms with van der Waals surface area (Å²) in [6, 6.07) is 12.6. The summed E-state index contributed by atoms with van der Waals surface area (Å²) in [7, 11) is 0. The minimum atomic E-state index is -0.917. The SMILES string of the molecule is CCCC1(C(=O)O)CCCN(C(=O)c2ccc(-c3ccccc3)[nH]c2=O)C1. The van der Waals surface area contributed by atoms with Crippen LogP contribution in [0.15, 0.2) is 47.3 Å². The molecule has 6 heteroatoms. The average molecular weight is 368 g/mol. The quantitative estimate of drug-likeness (QED) is 0.848. The van der Waals surface area contributed by atoms with Gasteiger partial charge in [-0.15, -0.1) is 0 Å². The van der Waals surface area contributed by atoms with Crippen LogP contribution in [-0.4, -0.2) is 40.0 Å². The highest BCUT2D eigenvalue weighted by Crippen LogP contribution is 2.35. The Balaban J connectivity index is 1.85. The summed E-state index contributed by atoms with van der Waals surface area (Å²) in [4.78, 5) is 41.5. The monoisotopic (exact) mass is 368 g/mol. The van der Waals surface area contributed by atoms with Gasteiger partial charge in [0, 0.05) is 18.8 Å². The first kappa shape index (κ1) is 18.9. The van der Waals surface area contributed by atoms with E-state index in [1.165, 1.54) is 11.0 Å². The molecule has 1 unspecified atom stereocenters. The predicted molar refractivity (Wildman–Crippen MR) is 103 cm³/mol. The van der Waals surface area contributed by atoms with Crippen LogP contribution in [0, 0.1) is 5.41 Å². The number of aliphatic carboxylic acids is 1. The van der Waals surface area contributed by atoms with Crippen LogP contribution in [0.2, 0.25) is 0 Å². The number of H-pyrrole nitrogens is 1. The Morgan fingerprint density at radius 1 is 1.19 bits per heavy atom. The minimum Gasteiger partial charge on any atom is -0.481 e. The molecule has 2 aromatic rings. The van der Waals surface area contributed by atoms with Gasteiger partial charge in [0.15, 0.2) is 0 Å². The zero-order valence-corrected chi connectivity index (χ0v) is 15.4. The first-order valence-electron chi connectivity index (χ1n) is 9.28. The van der Waals surface area contributed by atoms with Crippen molar-refractivity contribution >= 4 is 11.9 Å². The lowest BCUT2D eigenvalue weighted by molar-refractivity contribution is -0.152. The first-order valence-corrected chi connectivity index (χ1v) is 9.28. The number of carboxylic acids is 1. The average Bonchev–Trinajstić information content (AvgIpc) is 2.68. The van der Waals surface area contributed by atoms with Crippen LogP contribution < -0.4 is 5.56 Å². The van der Waals surface area contributed by atoms with Crippen molar-refractivity contribution in [2.24, 2.45) is 5.41 Å². The number of aromatic amines is 1. The summed E-state index contributed by atoms with van der Waals surface area (Å²) < 4.78 is 0. The lowest BCUT2D eigenvalue weighted by Gasteiger charge is -2.39. The molecule has 3 rings (SSSR count). The number of pyridine rings is 1. The molecule has 1 aliphatic rings. The highest BCUT2D eigenvalue weighted by molar-refractivity contribution is 5.94. The van der Waals surface area contributed by atoms with Crippen LogP contribution in [0.4, 0.5) is 0 Å². The zero-order valence-electron chi connectivity index (χ0n) is 15.4. The molecule has 6 nitrogen and oxygen atoms in total. The number of benzene rings is 1. The van der Waals surface area contributed by atoms with E-state index < -0.39 is 22.9 Å². The second-order valence-corrected chi connectivity index (χ2v) is 7.15. The van der Waals surface area contributed by atoms with Crippen molar-refractivity contribution in [3.8, 4) is 11.3 Å². The summed E-state index contributed by atoms with van der Waals surface area (Å²) >= 11 is 0. The van der Waals surface area contributed by atoms with Gasteiger partial charge in [0.1, 0.15) is 5.56 Å². The Morgan fingerprint density at radius 2 is 1.93 bits per heavy atom. The van der Waals surface area contributed by atoms with E-state index in [2.05, 4.69) is 4.98 Å². The van der Waals surface area contributed by atoms with Crippen molar-refractivity contribution in [3.63, 3.8) is 0 Å². The summed E-state index contributed by atoms with van der Waals surface area (Å²) in [5.41, 5.74) is 0.177. The number of nitrogens with zero attached hydrogens (tertiary/aromatic N) is 1. The van der Waals surface area contributed by atoms with Crippen molar-refractivity contribution in [2.75, 3.05) is 13.1 Å². The molecule has 27 heavy (non-hydrogen) atoms. The highest BCUT2D eigenvalue weighted by Gasteiger charge is 2.43. The molecule has 142 valence electrons. The fourth-order valence-corrected chi connectivity index (χ4v) is 3.87. The number of amides is 1. The van der Waals surface area contributed by atoms with Gasteiger partial charge in [-0.3, -0.25) is 14.4 Å². The standard InChI is InChI=1S/C21H24N2O4/c1-2-11-21(20(26)27)12-6-13-23(14-21)19(25)16-9-10-17(22-18(16)24)15-7-4-3-5-8-15/h3-5,7-10H,2,6,11-14H2,1H3,(H,22,24)(H,26,27). The number of carbonyl (C=O) groups excluding carboxylic acids is 1. The molecule has 2 heterocycles. The molecule has 1 aromatic heterocycles. The van der Waals surface area contributed by atoms with Crippen LogP contribution >= 0.6 is 0 Å². The fraction of sp³-hybridized carbons (Fsp3) is 0.381. The molecular formula is C21H24N2O4. The predicted octanol–water partition coefficient (Wildman–Crippen LogP) is 3.15. The third-order valence-electron chi connectivity index (χ3n) is 5.27. The summed E-state index contributed by atoms with van der Waals surface area (Å²) in [6.07, 6.45) is 2.44. The molecule has 1 atom stereocenters. The molecule has 1 aromatic carbocycles. The number of hydrogen-bond acceptors (Lipinski definition) is 3. The lowest BCUT2D eigenvalue weighted by Crippen LogP contribution is -2.50. The molecule has 0 spiro atoms. The van der Waals surface area contributed by atoms with Gasteiger partial charge in [0.05, 0.1) is 5.41 Å². The topological polar surface area (TPSA) is 90.5 Å². The number of carbonyl (C=O) groups is 2. The van der Waals surface area contributed by atoms with E-state index in [1.807, 2.05) is 37.3 Å². The van der Waals surface area contributed by atoms with Crippen LogP contribution in [0.1, 0.15) is 43.0 Å². The Bertz CT molecular complexity index is 887. The van der Waals surface area contributed by atoms with Crippen LogP contribution in [0.3, 0.4) is 0 Å². The van der Waals surface area contributed by atoms with E-state index in [4.69, 9.17) is 0 Å². The van der Waals surface area contributed by atoms with E-state index in [0.29, 0.717) is 31.5 Å². The lowest BCUT2D eigenvalue weighted by atomic mass is 9.76. The van der Waals surface area contributed by atoms with Crippen LogP contribution in [0.25, 0.3) is 11.3 Å². The van der Waals surface area contributed by atoms with E-state index in [1.54, 1.807) is 6.07 Å². The first-order chi connectivity index (χ1) is 13.0. The van der Waals surface area contributed by atoms with Gasteiger partial charge in [-0.25, -0.2) is 0 Å². The second kappa shape index (κ2) is 7.78. The molecule has 1 saturated heterocycles. The molecule has 2 N–H and O–H groups in total. The second-order valence-electron chi connectivity index (χ2n) is 7.15. The van der Waals surface area contributed by atoms with Crippen molar-refractivity contribution in [2.45, 2.75) is 32.6 Å². The van der Waals surface area contributed by atoms with Gasteiger partial charge in [-0.2, -0.15) is 0 Å². The van der Waals surface area contributed by atoms with Crippen molar-refractivity contribution in [3.05, 3.63) is 58.4 Å². The molecular weight excluding hydrogens is 344 g/mol. The van der Waals surface area contributed by atoms with E-state index in [9.17, 15) is 19.5 Å². The van der Waals surface area contributed by atoms with Gasteiger partial charge in [-0.05, 0) is 37.0 Å². The van der Waals surface area contributed by atoms with Gasteiger partial charge in [0.25, 0.3) is 11.5 Å². The van der Waals surface area contributed by atoms with Crippen LogP contribution in [-0.2, 0) is 4.79 Å². The maximum absolute atomic E-state index is 12.9. The highest BCUT2D eigenvalue weighted by atomic mass is 16.4. The molecule has 0 radical (unpaired) electrons. The number of carboxylic acid groups (broad SMARTS) is 1. The maximum Gasteiger partial charge on any atom is 0.311 e. The fourth-order valence-electron chi connectivity index (χ4n) is 3.87. The number of aromatic nitrogens is 1. The molecule has 1 fully saturated rings. The van der Waals surface area contributed by atoms with E-state index in [0.717, 1.165) is 12.0 Å². The van der Waals surface area contributed by atoms with Gasteiger partial charge in [-0.1, -0.05) is 43.7 Å². The third-order valence-corrected chi connectivity index (χ3v) is 5.27. The number of piperidine rings is 1. The number of nitrogens with one attached hydrogen (secondary N) is 1. The minimum absolute atomic E-state index is 0.0485. The normalized spacial score (nSPS) is 19.7. The Hall–Kier alpha value is -2.89. The Kier molecular flexibility index (Phi) is 5.44. The molecule has 0 bridgehead atoms. The zero-order chi connectivity index (χ0) is 19.4. The maximum atomic E-state index is 12.9. The van der Waals surface area contributed by atoms with E-state index >= 15 is 0 Å².